The topological polar surface area (TPSA) is 59.5 Å². The van der Waals surface area contributed by atoms with Crippen molar-refractivity contribution in [2.75, 3.05) is 59.6 Å². The first-order valence-corrected chi connectivity index (χ1v) is 14.2. The van der Waals surface area contributed by atoms with Crippen LogP contribution in [-0.4, -0.2) is 83.8 Å². The summed E-state index contributed by atoms with van der Waals surface area (Å²) in [6.45, 7) is 14.9. The molecule has 0 aliphatic carbocycles. The van der Waals surface area contributed by atoms with Crippen molar-refractivity contribution in [3.63, 3.8) is 0 Å². The van der Waals surface area contributed by atoms with E-state index in [1.165, 1.54) is 18.4 Å². The van der Waals surface area contributed by atoms with E-state index >= 15 is 0 Å². The molecular weight excluding hydrogens is 500 g/mol. The van der Waals surface area contributed by atoms with Crippen LogP contribution in [0.15, 0.2) is 60.9 Å². The first-order chi connectivity index (χ1) is 19.7. The molecule has 2 fully saturated rings. The summed E-state index contributed by atoms with van der Waals surface area (Å²) in [6, 6.07) is 17.0. The normalized spacial score (nSPS) is 18.6. The highest BCUT2D eigenvalue weighted by molar-refractivity contribution is 5.90. The summed E-state index contributed by atoms with van der Waals surface area (Å²) < 4.78 is 13.8. The second-order valence-corrected chi connectivity index (χ2v) is 10.9. The number of imidazole rings is 1. The molecule has 2 aromatic carbocycles. The minimum atomic E-state index is 0.477. The van der Waals surface area contributed by atoms with E-state index < -0.39 is 0 Å². The predicted molar refractivity (Wildman–Crippen MR) is 157 cm³/mol. The fraction of sp³-hybridized carbons (Fsp3) is 0.406. The Balaban J connectivity index is 1.33. The molecule has 0 spiro atoms. The van der Waals surface area contributed by atoms with Gasteiger partial charge in [0.1, 0.15) is 0 Å². The average Bonchev–Trinajstić information content (AvgIpc) is 3.50. The number of rotatable bonds is 8. The van der Waals surface area contributed by atoms with Crippen LogP contribution in [-0.2, 0) is 11.2 Å². The van der Waals surface area contributed by atoms with Gasteiger partial charge in [0.05, 0.1) is 37.7 Å². The lowest BCUT2D eigenvalue weighted by molar-refractivity contribution is 0.0384. The molecule has 8 nitrogen and oxygen atoms in total. The Morgan fingerprint density at radius 3 is 2.55 bits per heavy atom. The number of ether oxygens (including phenoxy) is 2. The van der Waals surface area contributed by atoms with Crippen LogP contribution >= 0.6 is 0 Å². The fourth-order valence-electron chi connectivity index (χ4n) is 5.78. The maximum absolute atomic E-state index is 7.37. The number of benzene rings is 2. The van der Waals surface area contributed by atoms with Crippen LogP contribution in [0.5, 0.6) is 6.01 Å². The van der Waals surface area contributed by atoms with E-state index in [1.807, 2.05) is 41.1 Å². The zero-order valence-corrected chi connectivity index (χ0v) is 23.1. The van der Waals surface area contributed by atoms with Crippen LogP contribution in [0.1, 0.15) is 18.4 Å². The Bertz CT molecular complexity index is 1470. The van der Waals surface area contributed by atoms with Gasteiger partial charge in [-0.2, -0.15) is 4.98 Å². The molecule has 206 valence electrons. The summed E-state index contributed by atoms with van der Waals surface area (Å²) >= 11 is 0. The molecule has 6 rings (SSSR count). The van der Waals surface area contributed by atoms with Crippen molar-refractivity contribution < 1.29 is 9.47 Å². The lowest BCUT2D eigenvalue weighted by atomic mass is 9.98. The molecule has 0 bridgehead atoms. The fourth-order valence-corrected chi connectivity index (χ4v) is 5.78. The first-order valence-electron chi connectivity index (χ1n) is 14.2. The largest absolute Gasteiger partial charge is 0.464 e. The van der Waals surface area contributed by atoms with Gasteiger partial charge >= 0.3 is 6.01 Å². The Morgan fingerprint density at radius 1 is 1.02 bits per heavy atom. The maximum Gasteiger partial charge on any atom is 0.302 e. The second kappa shape index (κ2) is 12.2. The lowest BCUT2D eigenvalue weighted by Crippen LogP contribution is -2.37. The van der Waals surface area contributed by atoms with Gasteiger partial charge in [-0.1, -0.05) is 48.5 Å². The Hall–Kier alpha value is -3.77. The molecule has 2 saturated heterocycles. The first kappa shape index (κ1) is 26.5. The quantitative estimate of drug-likeness (QED) is 0.288. The van der Waals surface area contributed by atoms with Gasteiger partial charge < -0.3 is 14.4 Å². The maximum atomic E-state index is 7.37. The lowest BCUT2D eigenvalue weighted by Gasteiger charge is -2.29. The molecule has 0 saturated carbocycles. The summed E-state index contributed by atoms with van der Waals surface area (Å²) in [7, 11) is 2.17. The van der Waals surface area contributed by atoms with E-state index in [0.717, 1.165) is 80.4 Å². The number of hydrogen-bond donors (Lipinski definition) is 0. The van der Waals surface area contributed by atoms with Crippen LogP contribution in [0, 0.1) is 12.5 Å². The van der Waals surface area contributed by atoms with E-state index in [2.05, 4.69) is 46.0 Å². The van der Waals surface area contributed by atoms with Gasteiger partial charge in [0, 0.05) is 44.5 Å². The molecule has 4 aromatic rings. The van der Waals surface area contributed by atoms with E-state index in [0.29, 0.717) is 24.2 Å². The second-order valence-electron chi connectivity index (χ2n) is 10.9. The van der Waals surface area contributed by atoms with Gasteiger partial charge in [-0.15, -0.1) is 0 Å². The number of morpholine rings is 1. The summed E-state index contributed by atoms with van der Waals surface area (Å²) in [4.78, 5) is 18.3. The van der Waals surface area contributed by atoms with Crippen LogP contribution < -0.4 is 4.74 Å². The van der Waals surface area contributed by atoms with E-state index in [4.69, 9.17) is 26.0 Å². The van der Waals surface area contributed by atoms with Crippen LogP contribution in [0.2, 0.25) is 0 Å². The van der Waals surface area contributed by atoms with Gasteiger partial charge in [0.2, 0.25) is 0 Å². The van der Waals surface area contributed by atoms with E-state index in [-0.39, 0.29) is 0 Å². The monoisotopic (exact) mass is 536 g/mol. The molecule has 0 amide bonds. The highest BCUT2D eigenvalue weighted by atomic mass is 16.5. The SMILES string of the molecule is [C-]#[N+]c1ccc(-c2nc(OC[C@@H]3CCCN(C)C3)n3ccnc3c2-c2ccc(CCN3CCOCC3)cc2)cc1. The van der Waals surface area contributed by atoms with Crippen LogP contribution in [0.4, 0.5) is 5.69 Å². The molecular formula is C32H36N6O2. The number of hydrogen-bond acceptors (Lipinski definition) is 6. The third-order valence-corrected chi connectivity index (χ3v) is 8.02. The number of fused-ring (bicyclic) bond motifs is 1. The molecule has 4 heterocycles. The Morgan fingerprint density at radius 2 is 1.80 bits per heavy atom. The van der Waals surface area contributed by atoms with E-state index in [1.54, 1.807) is 0 Å². The third kappa shape index (κ3) is 5.87. The number of nitrogens with zero attached hydrogens (tertiary/aromatic N) is 6. The minimum absolute atomic E-state index is 0.477. The van der Waals surface area contributed by atoms with Crippen molar-refractivity contribution in [3.05, 3.63) is 77.9 Å². The number of piperidine rings is 1. The molecule has 0 radical (unpaired) electrons. The van der Waals surface area contributed by atoms with Crippen LogP contribution in [0.3, 0.4) is 0 Å². The zero-order chi connectivity index (χ0) is 27.3. The number of aromatic nitrogens is 3. The minimum Gasteiger partial charge on any atom is -0.464 e. The summed E-state index contributed by atoms with van der Waals surface area (Å²) in [5.74, 6) is 0.477. The Labute approximate surface area is 236 Å². The van der Waals surface area contributed by atoms with Crippen molar-refractivity contribution in [1.82, 2.24) is 24.2 Å². The molecule has 0 N–H and O–H groups in total. The van der Waals surface area contributed by atoms with Crippen molar-refractivity contribution in [1.29, 1.82) is 0 Å². The highest BCUT2D eigenvalue weighted by Crippen LogP contribution is 2.37. The van der Waals surface area contributed by atoms with Crippen molar-refractivity contribution in [2.24, 2.45) is 5.92 Å². The summed E-state index contributed by atoms with van der Waals surface area (Å²) in [5, 5.41) is 0. The highest BCUT2D eigenvalue weighted by Gasteiger charge is 2.22. The average molecular weight is 537 g/mol. The molecule has 8 heteroatoms. The van der Waals surface area contributed by atoms with Gasteiger partial charge in [-0.25, -0.2) is 9.83 Å². The van der Waals surface area contributed by atoms with Crippen molar-refractivity contribution in [3.8, 4) is 28.4 Å². The molecule has 0 unspecified atom stereocenters. The molecule has 2 aromatic heterocycles. The molecule has 40 heavy (non-hydrogen) atoms. The molecule has 1 atom stereocenters. The summed E-state index contributed by atoms with van der Waals surface area (Å²) in [6.07, 6.45) is 7.10. The van der Waals surface area contributed by atoms with Crippen LogP contribution in [0.25, 0.3) is 32.9 Å². The predicted octanol–water partition coefficient (Wildman–Crippen LogP) is 5.21. The Kier molecular flexibility index (Phi) is 8.05. The molecule has 2 aliphatic heterocycles. The summed E-state index contributed by atoms with van der Waals surface area (Å²) in [5.41, 5.74) is 6.50. The smallest absolute Gasteiger partial charge is 0.302 e. The molecule has 2 aliphatic rings. The zero-order valence-electron chi connectivity index (χ0n) is 23.1. The standard InChI is InChI=1S/C32H36N6O2/c1-33-28-11-9-27(10-12-28)30-29(26-7-5-24(6-8-26)13-16-37-18-20-39-21-19-37)31-34-14-17-38(31)32(35-30)40-23-25-4-3-15-36(2)22-25/h5-12,14,17,25H,3-4,13,15-16,18-23H2,2H3/t25-/m1/s1. The number of likely N-dealkylation sites (tertiary alicyclic amines) is 1. The van der Waals surface area contributed by atoms with Gasteiger partial charge in [0.25, 0.3) is 0 Å². The van der Waals surface area contributed by atoms with Crippen molar-refractivity contribution in [2.45, 2.75) is 19.3 Å². The van der Waals surface area contributed by atoms with E-state index in [9.17, 15) is 0 Å². The van der Waals surface area contributed by atoms with Gasteiger partial charge in [-0.05, 0) is 49.5 Å². The van der Waals surface area contributed by atoms with Gasteiger partial charge in [0.15, 0.2) is 11.3 Å². The van der Waals surface area contributed by atoms with Crippen molar-refractivity contribution >= 4 is 11.3 Å². The third-order valence-electron chi connectivity index (χ3n) is 8.02. The van der Waals surface area contributed by atoms with Gasteiger partial charge in [-0.3, -0.25) is 9.30 Å².